The fourth-order valence-corrected chi connectivity index (χ4v) is 1.81. The SMILES string of the molecule is COc1ccc(C(C#N)c2cccnn2)cc1OC. The first-order valence-corrected chi connectivity index (χ1v) is 5.69. The fourth-order valence-electron chi connectivity index (χ4n) is 1.81. The minimum absolute atomic E-state index is 0.478. The lowest BCUT2D eigenvalue weighted by Gasteiger charge is -2.12. The highest BCUT2D eigenvalue weighted by molar-refractivity contribution is 5.47. The van der Waals surface area contributed by atoms with Gasteiger partial charge in [0.1, 0.15) is 5.92 Å². The summed E-state index contributed by atoms with van der Waals surface area (Å²) in [5, 5.41) is 17.1. The van der Waals surface area contributed by atoms with Gasteiger partial charge in [-0.25, -0.2) is 0 Å². The minimum Gasteiger partial charge on any atom is -0.493 e. The van der Waals surface area contributed by atoms with E-state index < -0.39 is 5.92 Å². The van der Waals surface area contributed by atoms with Gasteiger partial charge in [0.2, 0.25) is 0 Å². The van der Waals surface area contributed by atoms with E-state index in [0.29, 0.717) is 17.2 Å². The summed E-state index contributed by atoms with van der Waals surface area (Å²) < 4.78 is 10.4. The highest BCUT2D eigenvalue weighted by Crippen LogP contribution is 2.32. The standard InChI is InChI=1S/C14H13N3O2/c1-18-13-6-5-10(8-14(13)19-2)11(9-15)12-4-3-7-16-17-12/h3-8,11H,1-2H3. The van der Waals surface area contributed by atoms with Crippen LogP contribution in [0.25, 0.3) is 0 Å². The van der Waals surface area contributed by atoms with Gasteiger partial charge in [-0.1, -0.05) is 6.07 Å². The first-order valence-electron chi connectivity index (χ1n) is 5.69. The molecule has 0 bridgehead atoms. The molecule has 1 heterocycles. The zero-order chi connectivity index (χ0) is 13.7. The second-order valence-electron chi connectivity index (χ2n) is 3.83. The molecule has 19 heavy (non-hydrogen) atoms. The molecule has 5 nitrogen and oxygen atoms in total. The molecule has 0 amide bonds. The lowest BCUT2D eigenvalue weighted by atomic mass is 9.96. The zero-order valence-corrected chi connectivity index (χ0v) is 10.7. The predicted octanol–water partition coefficient (Wildman–Crippen LogP) is 2.15. The van der Waals surface area contributed by atoms with E-state index in [1.165, 1.54) is 0 Å². The molecule has 0 saturated carbocycles. The van der Waals surface area contributed by atoms with Crippen LogP contribution in [-0.2, 0) is 0 Å². The molecule has 1 aromatic carbocycles. The van der Waals surface area contributed by atoms with Crippen molar-refractivity contribution < 1.29 is 9.47 Å². The number of hydrogen-bond donors (Lipinski definition) is 0. The second-order valence-corrected chi connectivity index (χ2v) is 3.83. The van der Waals surface area contributed by atoms with Gasteiger partial charge in [-0.05, 0) is 29.8 Å². The molecule has 96 valence electrons. The molecule has 1 atom stereocenters. The molecule has 0 radical (unpaired) electrons. The first kappa shape index (κ1) is 12.8. The third-order valence-electron chi connectivity index (χ3n) is 2.76. The Hall–Kier alpha value is -2.61. The number of nitriles is 1. The fraction of sp³-hybridized carbons (Fsp3) is 0.214. The minimum atomic E-state index is -0.478. The van der Waals surface area contributed by atoms with Gasteiger partial charge in [-0.15, -0.1) is 0 Å². The van der Waals surface area contributed by atoms with E-state index in [-0.39, 0.29) is 0 Å². The molecule has 1 unspecified atom stereocenters. The van der Waals surface area contributed by atoms with E-state index in [0.717, 1.165) is 5.56 Å². The quantitative estimate of drug-likeness (QED) is 0.837. The average molecular weight is 255 g/mol. The highest BCUT2D eigenvalue weighted by Gasteiger charge is 2.17. The number of hydrogen-bond acceptors (Lipinski definition) is 5. The summed E-state index contributed by atoms with van der Waals surface area (Å²) in [6.07, 6.45) is 1.58. The number of benzene rings is 1. The van der Waals surface area contributed by atoms with Crippen LogP contribution in [0.1, 0.15) is 17.2 Å². The Morgan fingerprint density at radius 3 is 2.53 bits per heavy atom. The number of methoxy groups -OCH3 is 2. The average Bonchev–Trinajstić information content (AvgIpc) is 2.49. The third kappa shape index (κ3) is 2.63. The molecule has 0 saturated heterocycles. The molecule has 0 N–H and O–H groups in total. The molecular weight excluding hydrogens is 242 g/mol. The van der Waals surface area contributed by atoms with Crippen molar-refractivity contribution in [1.82, 2.24) is 10.2 Å². The molecule has 0 spiro atoms. The van der Waals surface area contributed by atoms with Crippen LogP contribution in [0.3, 0.4) is 0 Å². The summed E-state index contributed by atoms with van der Waals surface area (Å²) in [5.41, 5.74) is 1.40. The molecule has 5 heteroatoms. The maximum Gasteiger partial charge on any atom is 0.161 e. The molecule has 2 rings (SSSR count). The zero-order valence-electron chi connectivity index (χ0n) is 10.7. The number of nitrogens with zero attached hydrogens (tertiary/aromatic N) is 3. The van der Waals surface area contributed by atoms with E-state index in [2.05, 4.69) is 16.3 Å². The van der Waals surface area contributed by atoms with Crippen LogP contribution >= 0.6 is 0 Å². The maximum absolute atomic E-state index is 9.33. The highest BCUT2D eigenvalue weighted by atomic mass is 16.5. The van der Waals surface area contributed by atoms with Crippen LogP contribution in [0.4, 0.5) is 0 Å². The number of aromatic nitrogens is 2. The first-order chi connectivity index (χ1) is 9.30. The van der Waals surface area contributed by atoms with Crippen molar-refractivity contribution in [2.75, 3.05) is 14.2 Å². The summed E-state index contributed by atoms with van der Waals surface area (Å²) in [7, 11) is 3.13. The number of ether oxygens (including phenoxy) is 2. The van der Waals surface area contributed by atoms with Crippen molar-refractivity contribution in [2.24, 2.45) is 0 Å². The Bertz CT molecular complexity index is 593. The Kier molecular flexibility index (Phi) is 3.94. The molecule has 2 aromatic rings. The van der Waals surface area contributed by atoms with Gasteiger partial charge < -0.3 is 9.47 Å². The van der Waals surface area contributed by atoms with Crippen LogP contribution in [0.5, 0.6) is 11.5 Å². The lowest BCUT2D eigenvalue weighted by molar-refractivity contribution is 0.354. The van der Waals surface area contributed by atoms with Crippen molar-refractivity contribution in [1.29, 1.82) is 5.26 Å². The van der Waals surface area contributed by atoms with E-state index in [9.17, 15) is 5.26 Å². The van der Waals surface area contributed by atoms with Crippen LogP contribution in [0.15, 0.2) is 36.5 Å². The van der Waals surface area contributed by atoms with Crippen molar-refractivity contribution in [3.8, 4) is 17.6 Å². The van der Waals surface area contributed by atoms with Crippen molar-refractivity contribution in [3.05, 3.63) is 47.8 Å². The van der Waals surface area contributed by atoms with E-state index in [1.54, 1.807) is 44.7 Å². The smallest absolute Gasteiger partial charge is 0.161 e. The topological polar surface area (TPSA) is 68.0 Å². The van der Waals surface area contributed by atoms with Crippen molar-refractivity contribution >= 4 is 0 Å². The Morgan fingerprint density at radius 1 is 1.16 bits per heavy atom. The van der Waals surface area contributed by atoms with Gasteiger partial charge in [0, 0.05) is 6.20 Å². The van der Waals surface area contributed by atoms with Crippen LogP contribution in [-0.4, -0.2) is 24.4 Å². The van der Waals surface area contributed by atoms with Crippen LogP contribution in [0, 0.1) is 11.3 Å². The summed E-state index contributed by atoms with van der Waals surface area (Å²) >= 11 is 0. The van der Waals surface area contributed by atoms with Gasteiger partial charge in [-0.3, -0.25) is 0 Å². The Morgan fingerprint density at radius 2 is 1.95 bits per heavy atom. The van der Waals surface area contributed by atoms with Crippen LogP contribution in [0.2, 0.25) is 0 Å². The molecular formula is C14H13N3O2. The second kappa shape index (κ2) is 5.83. The van der Waals surface area contributed by atoms with E-state index >= 15 is 0 Å². The third-order valence-corrected chi connectivity index (χ3v) is 2.76. The monoisotopic (exact) mass is 255 g/mol. The van der Waals surface area contributed by atoms with Crippen molar-refractivity contribution in [2.45, 2.75) is 5.92 Å². The summed E-state index contributed by atoms with van der Waals surface area (Å²) in [4.78, 5) is 0. The maximum atomic E-state index is 9.33. The summed E-state index contributed by atoms with van der Waals surface area (Å²) in [6, 6.07) is 11.1. The summed E-state index contributed by atoms with van der Waals surface area (Å²) in [5.74, 6) is 0.736. The molecule has 0 aliphatic rings. The normalized spacial score (nSPS) is 11.4. The molecule has 1 aromatic heterocycles. The molecule has 0 aliphatic heterocycles. The van der Waals surface area contributed by atoms with E-state index in [4.69, 9.17) is 9.47 Å². The van der Waals surface area contributed by atoms with Crippen LogP contribution < -0.4 is 9.47 Å². The molecule has 0 fully saturated rings. The summed E-state index contributed by atoms with van der Waals surface area (Å²) in [6.45, 7) is 0. The van der Waals surface area contributed by atoms with Gasteiger partial charge >= 0.3 is 0 Å². The molecule has 0 aliphatic carbocycles. The number of rotatable bonds is 4. The van der Waals surface area contributed by atoms with E-state index in [1.807, 2.05) is 6.07 Å². The van der Waals surface area contributed by atoms with Gasteiger partial charge in [0.25, 0.3) is 0 Å². The predicted molar refractivity (Wildman–Crippen MR) is 69.0 cm³/mol. The van der Waals surface area contributed by atoms with Gasteiger partial charge in [0.15, 0.2) is 11.5 Å². The Labute approximate surface area is 111 Å². The Balaban J connectivity index is 2.43. The van der Waals surface area contributed by atoms with Gasteiger partial charge in [0.05, 0.1) is 26.0 Å². The van der Waals surface area contributed by atoms with Crippen molar-refractivity contribution in [3.63, 3.8) is 0 Å². The lowest BCUT2D eigenvalue weighted by Crippen LogP contribution is -2.03. The largest absolute Gasteiger partial charge is 0.493 e. The van der Waals surface area contributed by atoms with Gasteiger partial charge in [-0.2, -0.15) is 15.5 Å².